The number of nitrogens with one attached hydrogen (secondary N) is 3. The summed E-state index contributed by atoms with van der Waals surface area (Å²) in [5, 5.41) is 8.92. The van der Waals surface area contributed by atoms with Crippen molar-refractivity contribution in [1.82, 2.24) is 4.98 Å². The van der Waals surface area contributed by atoms with E-state index in [1.165, 1.54) is 16.9 Å². The SMILES string of the molecule is CCC(=O)Nc1nc2cc(NC(=O)Nc3ccc(CC)cc3)ccc2s1. The lowest BCUT2D eigenvalue weighted by Crippen LogP contribution is -2.19. The van der Waals surface area contributed by atoms with Crippen molar-refractivity contribution in [3.05, 3.63) is 48.0 Å². The van der Waals surface area contributed by atoms with Gasteiger partial charge in [-0.05, 0) is 42.3 Å². The van der Waals surface area contributed by atoms with Crippen molar-refractivity contribution in [1.29, 1.82) is 0 Å². The van der Waals surface area contributed by atoms with E-state index in [0.717, 1.165) is 22.3 Å². The average molecular weight is 368 g/mol. The molecule has 0 unspecified atom stereocenters. The quantitative estimate of drug-likeness (QED) is 0.602. The van der Waals surface area contributed by atoms with Gasteiger partial charge in [-0.1, -0.05) is 37.3 Å². The van der Waals surface area contributed by atoms with Crippen LogP contribution in [0.1, 0.15) is 25.8 Å². The Morgan fingerprint density at radius 2 is 1.65 bits per heavy atom. The number of carbonyl (C=O) groups is 2. The molecule has 0 fully saturated rings. The molecule has 3 amide bonds. The molecule has 1 aromatic heterocycles. The van der Waals surface area contributed by atoms with E-state index >= 15 is 0 Å². The summed E-state index contributed by atoms with van der Waals surface area (Å²) in [7, 11) is 0. The van der Waals surface area contributed by atoms with Crippen molar-refractivity contribution in [3.8, 4) is 0 Å². The fourth-order valence-corrected chi connectivity index (χ4v) is 3.25. The topological polar surface area (TPSA) is 83.1 Å². The Balaban J connectivity index is 1.67. The van der Waals surface area contributed by atoms with Gasteiger partial charge in [0.2, 0.25) is 5.91 Å². The monoisotopic (exact) mass is 368 g/mol. The molecule has 0 aliphatic carbocycles. The number of aryl methyl sites for hydroxylation is 1. The molecule has 3 rings (SSSR count). The van der Waals surface area contributed by atoms with Crippen molar-refractivity contribution < 1.29 is 9.59 Å². The van der Waals surface area contributed by atoms with Crippen molar-refractivity contribution in [2.45, 2.75) is 26.7 Å². The molecule has 0 radical (unpaired) electrons. The average Bonchev–Trinajstić information content (AvgIpc) is 3.03. The van der Waals surface area contributed by atoms with Crippen LogP contribution in [0.15, 0.2) is 42.5 Å². The molecule has 1 heterocycles. The largest absolute Gasteiger partial charge is 0.323 e. The number of anilines is 3. The van der Waals surface area contributed by atoms with Crippen LogP contribution in [0, 0.1) is 0 Å². The Labute approximate surface area is 155 Å². The minimum atomic E-state index is -0.316. The molecular formula is C19H20N4O2S. The van der Waals surface area contributed by atoms with Gasteiger partial charge in [0.1, 0.15) is 0 Å². The molecule has 3 N–H and O–H groups in total. The summed E-state index contributed by atoms with van der Waals surface area (Å²) in [4.78, 5) is 28.0. The van der Waals surface area contributed by atoms with Crippen molar-refractivity contribution in [2.75, 3.05) is 16.0 Å². The number of hydrogen-bond acceptors (Lipinski definition) is 4. The molecular weight excluding hydrogens is 348 g/mol. The number of fused-ring (bicyclic) bond motifs is 1. The van der Waals surface area contributed by atoms with Gasteiger partial charge in [-0.2, -0.15) is 0 Å². The lowest BCUT2D eigenvalue weighted by atomic mass is 10.1. The molecule has 2 aromatic carbocycles. The number of nitrogens with zero attached hydrogens (tertiary/aromatic N) is 1. The van der Waals surface area contributed by atoms with E-state index in [1.54, 1.807) is 13.0 Å². The van der Waals surface area contributed by atoms with Gasteiger partial charge in [-0.3, -0.25) is 4.79 Å². The van der Waals surface area contributed by atoms with Crippen LogP contribution in [0.4, 0.5) is 21.3 Å². The molecule has 0 saturated heterocycles. The van der Waals surface area contributed by atoms with Gasteiger partial charge in [0.15, 0.2) is 5.13 Å². The maximum absolute atomic E-state index is 12.2. The fourth-order valence-electron chi connectivity index (χ4n) is 2.38. The van der Waals surface area contributed by atoms with Crippen LogP contribution in [-0.4, -0.2) is 16.9 Å². The Kier molecular flexibility index (Phi) is 5.48. The number of aromatic nitrogens is 1. The van der Waals surface area contributed by atoms with E-state index in [0.29, 0.717) is 17.2 Å². The summed E-state index contributed by atoms with van der Waals surface area (Å²) in [5.74, 6) is -0.0733. The first-order valence-electron chi connectivity index (χ1n) is 8.44. The summed E-state index contributed by atoms with van der Waals surface area (Å²) >= 11 is 1.40. The second-order valence-electron chi connectivity index (χ2n) is 5.73. The molecule has 0 atom stereocenters. The number of amides is 3. The molecule has 0 bridgehead atoms. The molecule has 134 valence electrons. The number of carbonyl (C=O) groups excluding carboxylic acids is 2. The zero-order valence-electron chi connectivity index (χ0n) is 14.6. The smallest absolute Gasteiger partial charge is 0.308 e. The molecule has 0 aliphatic heterocycles. The maximum Gasteiger partial charge on any atom is 0.323 e. The molecule has 0 aliphatic rings. The molecule has 6 nitrogen and oxygen atoms in total. The van der Waals surface area contributed by atoms with E-state index in [-0.39, 0.29) is 11.9 Å². The summed E-state index contributed by atoms with van der Waals surface area (Å²) in [6.07, 6.45) is 1.36. The van der Waals surface area contributed by atoms with Crippen LogP contribution in [-0.2, 0) is 11.2 Å². The predicted molar refractivity (Wildman–Crippen MR) is 107 cm³/mol. The van der Waals surface area contributed by atoms with Crippen molar-refractivity contribution >= 4 is 50.0 Å². The molecule has 0 saturated carbocycles. The summed E-state index contributed by atoms with van der Waals surface area (Å²) < 4.78 is 0.942. The highest BCUT2D eigenvalue weighted by molar-refractivity contribution is 7.22. The Hall–Kier alpha value is -2.93. The van der Waals surface area contributed by atoms with E-state index in [4.69, 9.17) is 0 Å². The lowest BCUT2D eigenvalue weighted by molar-refractivity contribution is -0.115. The number of benzene rings is 2. The minimum absolute atomic E-state index is 0.0733. The third kappa shape index (κ3) is 4.37. The number of thiazole rings is 1. The van der Waals surface area contributed by atoms with E-state index < -0.39 is 0 Å². The summed E-state index contributed by atoms with van der Waals surface area (Å²) in [6.45, 7) is 3.88. The minimum Gasteiger partial charge on any atom is -0.308 e. The zero-order valence-corrected chi connectivity index (χ0v) is 15.4. The highest BCUT2D eigenvalue weighted by atomic mass is 32.1. The normalized spacial score (nSPS) is 10.5. The standard InChI is InChI=1S/C19H20N4O2S/c1-3-12-5-7-13(8-6-12)20-18(25)21-14-9-10-16-15(11-14)22-19(26-16)23-17(24)4-2/h5-11H,3-4H2,1-2H3,(H2,20,21,25)(H,22,23,24). The second kappa shape index (κ2) is 7.97. The third-order valence-corrected chi connectivity index (χ3v) is 4.78. The zero-order chi connectivity index (χ0) is 18.5. The van der Waals surface area contributed by atoms with E-state index in [9.17, 15) is 9.59 Å². The van der Waals surface area contributed by atoms with Crippen LogP contribution in [0.3, 0.4) is 0 Å². The first kappa shape index (κ1) is 17.9. The number of rotatable bonds is 5. The third-order valence-electron chi connectivity index (χ3n) is 3.83. The first-order chi connectivity index (χ1) is 12.6. The van der Waals surface area contributed by atoms with Gasteiger partial charge in [0, 0.05) is 17.8 Å². The predicted octanol–water partition coefficient (Wildman–Crippen LogP) is 4.85. The fraction of sp³-hybridized carbons (Fsp3) is 0.211. The van der Waals surface area contributed by atoms with Gasteiger partial charge in [0.25, 0.3) is 0 Å². The van der Waals surface area contributed by atoms with Crippen LogP contribution in [0.2, 0.25) is 0 Å². The number of urea groups is 1. The summed E-state index contributed by atoms with van der Waals surface area (Å²) in [6, 6.07) is 12.9. The highest BCUT2D eigenvalue weighted by Crippen LogP contribution is 2.28. The maximum atomic E-state index is 12.2. The van der Waals surface area contributed by atoms with Crippen LogP contribution in [0.5, 0.6) is 0 Å². The number of hydrogen-bond donors (Lipinski definition) is 3. The first-order valence-corrected chi connectivity index (χ1v) is 9.26. The van der Waals surface area contributed by atoms with Crippen LogP contribution < -0.4 is 16.0 Å². The van der Waals surface area contributed by atoms with E-state index in [1.807, 2.05) is 36.4 Å². The van der Waals surface area contributed by atoms with Crippen LogP contribution in [0.25, 0.3) is 10.2 Å². The van der Waals surface area contributed by atoms with Gasteiger partial charge in [-0.25, -0.2) is 9.78 Å². The summed E-state index contributed by atoms with van der Waals surface area (Å²) in [5.41, 5.74) is 3.32. The van der Waals surface area contributed by atoms with E-state index in [2.05, 4.69) is 27.9 Å². The van der Waals surface area contributed by atoms with Gasteiger partial charge in [-0.15, -0.1) is 0 Å². The Bertz CT molecular complexity index is 934. The molecule has 7 heteroatoms. The van der Waals surface area contributed by atoms with Crippen LogP contribution >= 0.6 is 11.3 Å². The Morgan fingerprint density at radius 3 is 2.35 bits per heavy atom. The van der Waals surface area contributed by atoms with Gasteiger partial charge in [0.05, 0.1) is 10.2 Å². The second-order valence-corrected chi connectivity index (χ2v) is 6.76. The van der Waals surface area contributed by atoms with Crippen molar-refractivity contribution in [3.63, 3.8) is 0 Å². The molecule has 26 heavy (non-hydrogen) atoms. The highest BCUT2D eigenvalue weighted by Gasteiger charge is 2.09. The van der Waals surface area contributed by atoms with Gasteiger partial charge >= 0.3 is 6.03 Å². The molecule has 3 aromatic rings. The Morgan fingerprint density at radius 1 is 0.962 bits per heavy atom. The van der Waals surface area contributed by atoms with Crippen molar-refractivity contribution in [2.24, 2.45) is 0 Å². The lowest BCUT2D eigenvalue weighted by Gasteiger charge is -2.08. The molecule has 0 spiro atoms. The van der Waals surface area contributed by atoms with Gasteiger partial charge < -0.3 is 16.0 Å².